The Bertz CT molecular complexity index is 946. The predicted octanol–water partition coefficient (Wildman–Crippen LogP) is 3.95. The summed E-state index contributed by atoms with van der Waals surface area (Å²) in [6.07, 6.45) is 0. The number of methoxy groups -OCH3 is 1. The lowest BCUT2D eigenvalue weighted by Crippen LogP contribution is -2.49. The van der Waals surface area contributed by atoms with Gasteiger partial charge in [0.15, 0.2) is 0 Å². The molecule has 28 heavy (non-hydrogen) atoms. The molecule has 5 nitrogen and oxygen atoms in total. The Kier molecular flexibility index (Phi) is 6.01. The van der Waals surface area contributed by atoms with Crippen LogP contribution in [-0.2, 0) is 10.0 Å². The fourth-order valence-electron chi connectivity index (χ4n) is 3.64. The van der Waals surface area contributed by atoms with Gasteiger partial charge in [-0.3, -0.25) is 0 Å². The van der Waals surface area contributed by atoms with Gasteiger partial charge >= 0.3 is 0 Å². The molecule has 0 unspecified atom stereocenters. The summed E-state index contributed by atoms with van der Waals surface area (Å²) < 4.78 is 33.6. The minimum Gasteiger partial charge on any atom is -0.495 e. The van der Waals surface area contributed by atoms with Crippen LogP contribution in [0.15, 0.2) is 41.3 Å². The number of aryl methyl sites for hydroxylation is 1. The summed E-state index contributed by atoms with van der Waals surface area (Å²) in [6.45, 7) is 10.6. The van der Waals surface area contributed by atoms with Crippen LogP contribution in [0.1, 0.15) is 36.5 Å². The van der Waals surface area contributed by atoms with Gasteiger partial charge < -0.3 is 9.64 Å². The number of ether oxygens (including phenoxy) is 1. The van der Waals surface area contributed by atoms with Crippen LogP contribution in [-0.4, -0.2) is 46.0 Å². The molecule has 0 aliphatic carbocycles. The first-order chi connectivity index (χ1) is 13.3. The number of rotatable bonds is 5. The second-order valence-corrected chi connectivity index (χ2v) is 9.58. The van der Waals surface area contributed by atoms with Gasteiger partial charge in [-0.05, 0) is 54.7 Å². The Morgan fingerprint density at radius 2 is 1.68 bits per heavy atom. The van der Waals surface area contributed by atoms with Gasteiger partial charge in [-0.25, -0.2) is 8.42 Å². The Morgan fingerprint density at radius 3 is 2.29 bits per heavy atom. The van der Waals surface area contributed by atoms with Crippen molar-refractivity contribution in [3.63, 3.8) is 0 Å². The van der Waals surface area contributed by atoms with Crippen molar-refractivity contribution in [2.24, 2.45) is 0 Å². The maximum atomic E-state index is 13.3. The standard InChI is InChI=1S/C22H30N2O3S/c1-16(2)19-9-10-21(27-5)22(15-19)28(25,26)24-13-11-23(12-14-24)20-8-6-7-17(3)18(20)4/h6-10,15-16H,11-14H2,1-5H3. The molecule has 1 aliphatic rings. The predicted molar refractivity (Wildman–Crippen MR) is 114 cm³/mol. The van der Waals surface area contributed by atoms with Crippen LogP contribution in [0.4, 0.5) is 5.69 Å². The first-order valence-electron chi connectivity index (χ1n) is 9.75. The van der Waals surface area contributed by atoms with E-state index in [-0.39, 0.29) is 10.8 Å². The zero-order chi connectivity index (χ0) is 20.5. The summed E-state index contributed by atoms with van der Waals surface area (Å²) >= 11 is 0. The third kappa shape index (κ3) is 3.89. The van der Waals surface area contributed by atoms with Crippen molar-refractivity contribution in [3.05, 3.63) is 53.1 Å². The highest BCUT2D eigenvalue weighted by molar-refractivity contribution is 7.89. The SMILES string of the molecule is COc1ccc(C(C)C)cc1S(=O)(=O)N1CCN(c2cccc(C)c2C)CC1. The van der Waals surface area contributed by atoms with E-state index in [4.69, 9.17) is 4.74 Å². The molecule has 0 aromatic heterocycles. The zero-order valence-electron chi connectivity index (χ0n) is 17.4. The molecule has 3 rings (SSSR count). The van der Waals surface area contributed by atoms with Crippen LogP contribution in [0, 0.1) is 13.8 Å². The molecule has 152 valence electrons. The van der Waals surface area contributed by atoms with Gasteiger partial charge in [0.25, 0.3) is 0 Å². The summed E-state index contributed by atoms with van der Waals surface area (Å²) in [6, 6.07) is 11.7. The number of hydrogen-bond acceptors (Lipinski definition) is 4. The summed E-state index contributed by atoms with van der Waals surface area (Å²) in [5.74, 6) is 0.655. The first kappa shape index (κ1) is 20.7. The van der Waals surface area contributed by atoms with E-state index in [2.05, 4.69) is 50.8 Å². The Balaban J connectivity index is 1.84. The molecule has 0 N–H and O–H groups in total. The molecule has 6 heteroatoms. The lowest BCUT2D eigenvalue weighted by molar-refractivity contribution is 0.374. The van der Waals surface area contributed by atoms with E-state index in [9.17, 15) is 8.42 Å². The Morgan fingerprint density at radius 1 is 1.00 bits per heavy atom. The minimum atomic E-state index is -3.60. The molecule has 0 atom stereocenters. The van der Waals surface area contributed by atoms with Crippen molar-refractivity contribution in [1.82, 2.24) is 4.31 Å². The summed E-state index contributed by atoms with van der Waals surface area (Å²) in [5.41, 5.74) is 4.69. The van der Waals surface area contributed by atoms with Crippen LogP contribution >= 0.6 is 0 Å². The maximum absolute atomic E-state index is 13.3. The normalized spacial score (nSPS) is 15.9. The largest absolute Gasteiger partial charge is 0.495 e. The van der Waals surface area contributed by atoms with Gasteiger partial charge in [-0.15, -0.1) is 0 Å². The molecule has 0 amide bonds. The lowest BCUT2D eigenvalue weighted by atomic mass is 10.0. The zero-order valence-corrected chi connectivity index (χ0v) is 18.2. The van der Waals surface area contributed by atoms with Crippen molar-refractivity contribution in [2.75, 3.05) is 38.2 Å². The molecule has 0 spiro atoms. The number of piperazine rings is 1. The van der Waals surface area contributed by atoms with Gasteiger partial charge in [0, 0.05) is 31.9 Å². The molecule has 1 fully saturated rings. The third-order valence-corrected chi connectivity index (χ3v) is 7.55. The fraction of sp³-hybridized carbons (Fsp3) is 0.455. The molecular formula is C22H30N2O3S. The Hall–Kier alpha value is -2.05. The number of benzene rings is 2. The molecule has 2 aromatic rings. The van der Waals surface area contributed by atoms with E-state index in [1.807, 2.05) is 6.07 Å². The van der Waals surface area contributed by atoms with Crippen LogP contribution < -0.4 is 9.64 Å². The highest BCUT2D eigenvalue weighted by Crippen LogP contribution is 2.31. The maximum Gasteiger partial charge on any atom is 0.246 e. The molecule has 1 saturated heterocycles. The quantitative estimate of drug-likeness (QED) is 0.760. The second kappa shape index (κ2) is 8.13. The highest BCUT2D eigenvalue weighted by Gasteiger charge is 2.31. The molecule has 0 saturated carbocycles. The van der Waals surface area contributed by atoms with Crippen molar-refractivity contribution < 1.29 is 13.2 Å². The van der Waals surface area contributed by atoms with Crippen LogP contribution in [0.25, 0.3) is 0 Å². The number of sulfonamides is 1. The average molecular weight is 403 g/mol. The lowest BCUT2D eigenvalue weighted by Gasteiger charge is -2.36. The van der Waals surface area contributed by atoms with Gasteiger partial charge in [0.05, 0.1) is 7.11 Å². The monoisotopic (exact) mass is 402 g/mol. The summed E-state index contributed by atoms with van der Waals surface area (Å²) in [4.78, 5) is 2.54. The number of hydrogen-bond donors (Lipinski definition) is 0. The van der Waals surface area contributed by atoms with Gasteiger partial charge in [-0.2, -0.15) is 4.31 Å². The van der Waals surface area contributed by atoms with Crippen molar-refractivity contribution >= 4 is 15.7 Å². The number of anilines is 1. The molecule has 0 bridgehead atoms. The van der Waals surface area contributed by atoms with E-state index >= 15 is 0 Å². The van der Waals surface area contributed by atoms with E-state index in [0.29, 0.717) is 31.9 Å². The van der Waals surface area contributed by atoms with Crippen LogP contribution in [0.3, 0.4) is 0 Å². The number of nitrogens with zero attached hydrogens (tertiary/aromatic N) is 2. The fourth-order valence-corrected chi connectivity index (χ4v) is 5.25. The Labute approximate surface area is 169 Å². The summed E-state index contributed by atoms with van der Waals surface area (Å²) in [7, 11) is -2.09. The van der Waals surface area contributed by atoms with E-state index < -0.39 is 10.0 Å². The van der Waals surface area contributed by atoms with Crippen LogP contribution in [0.5, 0.6) is 5.75 Å². The van der Waals surface area contributed by atoms with Crippen molar-refractivity contribution in [3.8, 4) is 5.75 Å². The molecule has 1 aliphatic heterocycles. The van der Waals surface area contributed by atoms with E-state index in [1.54, 1.807) is 16.4 Å². The van der Waals surface area contributed by atoms with E-state index in [1.165, 1.54) is 23.9 Å². The van der Waals surface area contributed by atoms with E-state index in [0.717, 1.165) is 5.56 Å². The second-order valence-electron chi connectivity index (χ2n) is 7.68. The first-order valence-corrected chi connectivity index (χ1v) is 11.2. The molecule has 0 radical (unpaired) electrons. The van der Waals surface area contributed by atoms with Crippen LogP contribution in [0.2, 0.25) is 0 Å². The molecule has 1 heterocycles. The highest BCUT2D eigenvalue weighted by atomic mass is 32.2. The van der Waals surface area contributed by atoms with Crippen molar-refractivity contribution in [2.45, 2.75) is 38.5 Å². The minimum absolute atomic E-state index is 0.251. The smallest absolute Gasteiger partial charge is 0.246 e. The van der Waals surface area contributed by atoms with Gasteiger partial charge in [0.1, 0.15) is 10.6 Å². The summed E-state index contributed by atoms with van der Waals surface area (Å²) in [5, 5.41) is 0. The molecular weight excluding hydrogens is 372 g/mol. The molecule has 2 aromatic carbocycles. The topological polar surface area (TPSA) is 49.9 Å². The average Bonchev–Trinajstić information content (AvgIpc) is 2.69. The third-order valence-electron chi connectivity index (χ3n) is 5.63. The van der Waals surface area contributed by atoms with Gasteiger partial charge in [-0.1, -0.05) is 32.0 Å². The van der Waals surface area contributed by atoms with Crippen molar-refractivity contribution in [1.29, 1.82) is 0 Å². The van der Waals surface area contributed by atoms with Gasteiger partial charge in [0.2, 0.25) is 10.0 Å².